The number of hydrogen-bond acceptors (Lipinski definition) is 6. The van der Waals surface area contributed by atoms with Gasteiger partial charge in [0, 0.05) is 0 Å². The molecule has 0 spiro atoms. The van der Waals surface area contributed by atoms with Gasteiger partial charge in [0.05, 0.1) is 26.1 Å². The van der Waals surface area contributed by atoms with Crippen LogP contribution in [-0.4, -0.2) is 29.7 Å². The van der Waals surface area contributed by atoms with E-state index in [1.54, 1.807) is 12.4 Å². The van der Waals surface area contributed by atoms with E-state index in [1.807, 2.05) is 16.7 Å². The van der Waals surface area contributed by atoms with E-state index in [2.05, 4.69) is 15.0 Å². The monoisotopic (exact) mass is 285 g/mol. The zero-order valence-electron chi connectivity index (χ0n) is 11.3. The molecule has 0 aliphatic carbocycles. The summed E-state index contributed by atoms with van der Waals surface area (Å²) in [4.78, 5) is 12.3. The van der Waals surface area contributed by atoms with Crippen molar-refractivity contribution in [1.82, 2.24) is 19.5 Å². The van der Waals surface area contributed by atoms with Gasteiger partial charge in [-0.25, -0.2) is 15.0 Å². The number of nitrogens with two attached hydrogens (primary N) is 1. The molecule has 7 nitrogen and oxygen atoms in total. The van der Waals surface area contributed by atoms with E-state index in [0.717, 1.165) is 16.7 Å². The highest BCUT2D eigenvalue weighted by molar-refractivity contribution is 5.81. The molecule has 0 bridgehead atoms. The van der Waals surface area contributed by atoms with Crippen molar-refractivity contribution in [1.29, 1.82) is 0 Å². The normalized spacial score (nSPS) is 11.1. The second-order valence-corrected chi connectivity index (χ2v) is 4.78. The number of aromatic nitrogens is 4. The van der Waals surface area contributed by atoms with Crippen LogP contribution in [0.25, 0.3) is 11.2 Å². The third-order valence-electron chi connectivity index (χ3n) is 3.26. The molecule has 0 fully saturated rings. The molecule has 0 saturated carbocycles. The molecule has 1 aromatic carbocycles. The number of nitrogens with zero attached hydrogens (tertiary/aromatic N) is 4. The van der Waals surface area contributed by atoms with E-state index < -0.39 is 0 Å². The van der Waals surface area contributed by atoms with Gasteiger partial charge in [-0.3, -0.25) is 0 Å². The van der Waals surface area contributed by atoms with Crippen molar-refractivity contribution >= 4 is 17.0 Å². The minimum atomic E-state index is -0.0688. The molecule has 0 saturated heterocycles. The van der Waals surface area contributed by atoms with Crippen molar-refractivity contribution < 1.29 is 10.2 Å². The molecule has 3 rings (SSSR count). The molecule has 7 heteroatoms. The molecule has 108 valence electrons. The van der Waals surface area contributed by atoms with E-state index in [4.69, 9.17) is 5.73 Å². The van der Waals surface area contributed by atoms with Gasteiger partial charge in [0.15, 0.2) is 11.5 Å². The van der Waals surface area contributed by atoms with E-state index in [-0.39, 0.29) is 13.2 Å². The van der Waals surface area contributed by atoms with Gasteiger partial charge in [-0.2, -0.15) is 0 Å². The zero-order valence-corrected chi connectivity index (χ0v) is 11.3. The predicted molar refractivity (Wildman–Crippen MR) is 77.1 cm³/mol. The Morgan fingerprint density at radius 3 is 2.29 bits per heavy atom. The standard InChI is InChI=1S/C14H15N5O2/c15-13-12-14(17-7-16-13)19(8-18-12)4-9-1-10(5-20)3-11(2-9)6-21/h1-3,7-8,20-21H,4-6H2,(H2,15,16,17). The van der Waals surface area contributed by atoms with Crippen LogP contribution in [0.1, 0.15) is 16.7 Å². The number of nitrogen functional groups attached to an aromatic ring is 1. The van der Waals surface area contributed by atoms with Crippen LogP contribution in [0.4, 0.5) is 5.82 Å². The number of fused-ring (bicyclic) bond motifs is 1. The summed E-state index contributed by atoms with van der Waals surface area (Å²) in [6.45, 7) is 0.384. The third kappa shape index (κ3) is 2.56. The first-order valence-electron chi connectivity index (χ1n) is 6.46. The lowest BCUT2D eigenvalue weighted by Gasteiger charge is -2.08. The molecular weight excluding hydrogens is 270 g/mol. The zero-order chi connectivity index (χ0) is 14.8. The molecule has 2 heterocycles. The van der Waals surface area contributed by atoms with Crippen molar-refractivity contribution in [2.45, 2.75) is 19.8 Å². The maximum atomic E-state index is 9.28. The van der Waals surface area contributed by atoms with Gasteiger partial charge < -0.3 is 20.5 Å². The van der Waals surface area contributed by atoms with Gasteiger partial charge in [-0.05, 0) is 16.7 Å². The molecule has 0 radical (unpaired) electrons. The van der Waals surface area contributed by atoms with Crippen molar-refractivity contribution in [3.05, 3.63) is 47.5 Å². The molecule has 21 heavy (non-hydrogen) atoms. The summed E-state index contributed by atoms with van der Waals surface area (Å²) < 4.78 is 1.85. The van der Waals surface area contributed by atoms with E-state index in [9.17, 15) is 10.2 Å². The van der Waals surface area contributed by atoms with Crippen LogP contribution in [0.2, 0.25) is 0 Å². The Hall–Kier alpha value is -2.51. The highest BCUT2D eigenvalue weighted by Gasteiger charge is 2.09. The maximum absolute atomic E-state index is 9.28. The Balaban J connectivity index is 2.00. The molecule has 0 amide bonds. The fourth-order valence-electron chi connectivity index (χ4n) is 2.32. The molecule has 0 aliphatic heterocycles. The summed E-state index contributed by atoms with van der Waals surface area (Å²) in [5.41, 5.74) is 9.45. The fourth-order valence-corrected chi connectivity index (χ4v) is 2.32. The summed E-state index contributed by atoms with van der Waals surface area (Å²) in [6.07, 6.45) is 3.05. The van der Waals surface area contributed by atoms with Crippen LogP contribution < -0.4 is 5.73 Å². The van der Waals surface area contributed by atoms with Crippen molar-refractivity contribution in [3.8, 4) is 0 Å². The summed E-state index contributed by atoms with van der Waals surface area (Å²) in [5.74, 6) is 0.346. The topological polar surface area (TPSA) is 110 Å². The number of hydrogen-bond donors (Lipinski definition) is 3. The Morgan fingerprint density at radius 2 is 1.62 bits per heavy atom. The van der Waals surface area contributed by atoms with Gasteiger partial charge in [0.2, 0.25) is 0 Å². The average Bonchev–Trinajstić information content (AvgIpc) is 2.91. The highest BCUT2D eigenvalue weighted by Crippen LogP contribution is 2.17. The quantitative estimate of drug-likeness (QED) is 0.641. The molecule has 0 unspecified atom stereocenters. The first-order chi connectivity index (χ1) is 10.2. The Labute approximate surface area is 120 Å². The Morgan fingerprint density at radius 1 is 0.952 bits per heavy atom. The molecule has 4 N–H and O–H groups in total. The summed E-state index contributed by atoms with van der Waals surface area (Å²) in [7, 11) is 0. The number of benzene rings is 1. The SMILES string of the molecule is Nc1ncnc2c1ncn2Cc1cc(CO)cc(CO)c1. The van der Waals surface area contributed by atoms with Gasteiger partial charge in [0.1, 0.15) is 11.8 Å². The minimum absolute atomic E-state index is 0.0688. The summed E-state index contributed by atoms with van der Waals surface area (Å²) in [5, 5.41) is 18.6. The van der Waals surface area contributed by atoms with Gasteiger partial charge in [-0.15, -0.1) is 0 Å². The first-order valence-corrected chi connectivity index (χ1v) is 6.46. The highest BCUT2D eigenvalue weighted by atomic mass is 16.3. The summed E-state index contributed by atoms with van der Waals surface area (Å²) in [6, 6.07) is 5.54. The second-order valence-electron chi connectivity index (χ2n) is 4.78. The Bertz CT molecular complexity index is 762. The van der Waals surface area contributed by atoms with E-state index >= 15 is 0 Å². The number of rotatable bonds is 4. The molecule has 2 aromatic heterocycles. The molecule has 0 atom stereocenters. The van der Waals surface area contributed by atoms with E-state index in [0.29, 0.717) is 23.5 Å². The molecular formula is C14H15N5O2. The molecule has 0 aliphatic rings. The van der Waals surface area contributed by atoms with E-state index in [1.165, 1.54) is 6.33 Å². The number of imidazole rings is 1. The number of aliphatic hydroxyl groups is 2. The lowest BCUT2D eigenvalue weighted by molar-refractivity contribution is 0.275. The van der Waals surface area contributed by atoms with Crippen molar-refractivity contribution in [2.75, 3.05) is 5.73 Å². The van der Waals surface area contributed by atoms with Gasteiger partial charge >= 0.3 is 0 Å². The average molecular weight is 285 g/mol. The van der Waals surface area contributed by atoms with Gasteiger partial charge in [-0.1, -0.05) is 18.2 Å². The minimum Gasteiger partial charge on any atom is -0.392 e. The van der Waals surface area contributed by atoms with Crippen LogP contribution in [0.5, 0.6) is 0 Å². The van der Waals surface area contributed by atoms with Crippen LogP contribution in [0.15, 0.2) is 30.9 Å². The van der Waals surface area contributed by atoms with Crippen molar-refractivity contribution in [2.24, 2.45) is 0 Å². The Kier molecular flexibility index (Phi) is 3.51. The van der Waals surface area contributed by atoms with Crippen LogP contribution in [-0.2, 0) is 19.8 Å². The van der Waals surface area contributed by atoms with Crippen LogP contribution in [0, 0.1) is 0 Å². The lowest BCUT2D eigenvalue weighted by atomic mass is 10.1. The first kappa shape index (κ1) is 13.5. The fraction of sp³-hybridized carbons (Fsp3) is 0.214. The third-order valence-corrected chi connectivity index (χ3v) is 3.26. The smallest absolute Gasteiger partial charge is 0.165 e. The maximum Gasteiger partial charge on any atom is 0.165 e. The molecule has 3 aromatic rings. The van der Waals surface area contributed by atoms with Crippen LogP contribution >= 0.6 is 0 Å². The second kappa shape index (κ2) is 5.47. The number of anilines is 1. The predicted octanol–water partition coefficient (Wildman–Crippen LogP) is 0.441. The van der Waals surface area contributed by atoms with Crippen molar-refractivity contribution in [3.63, 3.8) is 0 Å². The number of aliphatic hydroxyl groups excluding tert-OH is 2. The van der Waals surface area contributed by atoms with Crippen LogP contribution in [0.3, 0.4) is 0 Å². The summed E-state index contributed by atoms with van der Waals surface area (Å²) >= 11 is 0. The largest absolute Gasteiger partial charge is 0.392 e. The lowest BCUT2D eigenvalue weighted by Crippen LogP contribution is -2.02. The van der Waals surface area contributed by atoms with Gasteiger partial charge in [0.25, 0.3) is 0 Å².